The van der Waals surface area contributed by atoms with Crippen LogP contribution in [0.2, 0.25) is 0 Å². The molecule has 4 nitrogen and oxygen atoms in total. The standard InChI is InChI=1S/C17H31NO3/c1-16(2,3)21-15(20)18-11-4-6-14(12-18)7-10-17(13-19)8-5-9-17/h14,19H,4-13H2,1-3H3. The zero-order chi connectivity index (χ0) is 15.5. The number of aliphatic hydroxyl groups excluding tert-OH is 1. The molecule has 0 spiro atoms. The summed E-state index contributed by atoms with van der Waals surface area (Å²) in [7, 11) is 0. The van der Waals surface area contributed by atoms with Crippen LogP contribution in [0.5, 0.6) is 0 Å². The zero-order valence-electron chi connectivity index (χ0n) is 13.9. The topological polar surface area (TPSA) is 49.8 Å². The Morgan fingerprint density at radius 1 is 1.33 bits per heavy atom. The van der Waals surface area contributed by atoms with E-state index in [0.717, 1.165) is 32.4 Å². The Kier molecular flexibility index (Phi) is 5.18. The summed E-state index contributed by atoms with van der Waals surface area (Å²) >= 11 is 0. The van der Waals surface area contributed by atoms with Crippen LogP contribution in [0.3, 0.4) is 0 Å². The Morgan fingerprint density at radius 2 is 2.05 bits per heavy atom. The monoisotopic (exact) mass is 297 g/mol. The Balaban J connectivity index is 1.79. The van der Waals surface area contributed by atoms with Gasteiger partial charge in [-0.1, -0.05) is 6.42 Å². The van der Waals surface area contributed by atoms with Gasteiger partial charge in [-0.2, -0.15) is 0 Å². The molecule has 2 rings (SSSR count). The number of likely N-dealkylation sites (tertiary alicyclic amines) is 1. The van der Waals surface area contributed by atoms with Crippen molar-refractivity contribution in [3.8, 4) is 0 Å². The quantitative estimate of drug-likeness (QED) is 0.863. The second-order valence-corrected chi connectivity index (χ2v) is 7.98. The number of hydrogen-bond acceptors (Lipinski definition) is 3. The average Bonchev–Trinajstić information content (AvgIpc) is 2.36. The first-order valence-electron chi connectivity index (χ1n) is 8.42. The van der Waals surface area contributed by atoms with Crippen LogP contribution in [-0.2, 0) is 4.74 Å². The summed E-state index contributed by atoms with van der Waals surface area (Å²) in [6, 6.07) is 0. The molecule has 0 aromatic rings. The lowest BCUT2D eigenvalue weighted by molar-refractivity contribution is 0.00876. The molecule has 1 aliphatic carbocycles. The molecule has 1 saturated heterocycles. The van der Waals surface area contributed by atoms with E-state index in [4.69, 9.17) is 4.74 Å². The minimum absolute atomic E-state index is 0.173. The lowest BCUT2D eigenvalue weighted by Crippen LogP contribution is -2.43. The molecule has 2 fully saturated rings. The predicted molar refractivity (Wildman–Crippen MR) is 83.1 cm³/mol. The van der Waals surface area contributed by atoms with Crippen molar-refractivity contribution in [2.45, 2.75) is 71.3 Å². The van der Waals surface area contributed by atoms with Gasteiger partial charge in [-0.3, -0.25) is 0 Å². The van der Waals surface area contributed by atoms with Crippen LogP contribution in [0.15, 0.2) is 0 Å². The molecule has 1 heterocycles. The van der Waals surface area contributed by atoms with Crippen molar-refractivity contribution < 1.29 is 14.6 Å². The summed E-state index contributed by atoms with van der Waals surface area (Å²) in [5.74, 6) is 0.565. The molecule has 4 heteroatoms. The second-order valence-electron chi connectivity index (χ2n) is 7.98. The maximum Gasteiger partial charge on any atom is 0.410 e. The SMILES string of the molecule is CC(C)(C)OC(=O)N1CCCC(CCC2(CO)CCC2)C1. The first-order valence-corrected chi connectivity index (χ1v) is 8.42. The maximum absolute atomic E-state index is 12.1. The molecule has 1 N–H and O–H groups in total. The number of aliphatic hydroxyl groups is 1. The van der Waals surface area contributed by atoms with Gasteiger partial charge in [-0.25, -0.2) is 4.79 Å². The molecule has 1 amide bonds. The molecule has 0 bridgehead atoms. The third kappa shape index (κ3) is 4.60. The van der Waals surface area contributed by atoms with Crippen molar-refractivity contribution in [3.05, 3.63) is 0 Å². The fourth-order valence-electron chi connectivity index (χ4n) is 3.47. The van der Waals surface area contributed by atoms with E-state index in [1.807, 2.05) is 25.7 Å². The minimum Gasteiger partial charge on any atom is -0.444 e. The van der Waals surface area contributed by atoms with Crippen LogP contribution < -0.4 is 0 Å². The van der Waals surface area contributed by atoms with Gasteiger partial charge in [0.15, 0.2) is 0 Å². The van der Waals surface area contributed by atoms with Crippen molar-refractivity contribution in [3.63, 3.8) is 0 Å². The van der Waals surface area contributed by atoms with Gasteiger partial charge in [0.1, 0.15) is 5.60 Å². The molecule has 1 unspecified atom stereocenters. The van der Waals surface area contributed by atoms with Gasteiger partial charge < -0.3 is 14.7 Å². The van der Waals surface area contributed by atoms with E-state index in [1.165, 1.54) is 25.7 Å². The number of piperidine rings is 1. The van der Waals surface area contributed by atoms with E-state index in [-0.39, 0.29) is 11.5 Å². The van der Waals surface area contributed by atoms with Crippen molar-refractivity contribution in [1.29, 1.82) is 0 Å². The summed E-state index contributed by atoms with van der Waals surface area (Å²) in [5.41, 5.74) is -0.217. The molecule has 122 valence electrons. The fourth-order valence-corrected chi connectivity index (χ4v) is 3.47. The van der Waals surface area contributed by atoms with Crippen LogP contribution in [-0.4, -0.2) is 41.4 Å². The molecule has 21 heavy (non-hydrogen) atoms. The normalized spacial score (nSPS) is 25.3. The highest BCUT2D eigenvalue weighted by Gasteiger charge is 2.37. The van der Waals surface area contributed by atoms with E-state index >= 15 is 0 Å². The van der Waals surface area contributed by atoms with E-state index < -0.39 is 5.60 Å². The van der Waals surface area contributed by atoms with Gasteiger partial charge in [0.25, 0.3) is 0 Å². The molecule has 1 saturated carbocycles. The summed E-state index contributed by atoms with van der Waals surface area (Å²) in [6.45, 7) is 7.69. The summed E-state index contributed by atoms with van der Waals surface area (Å²) in [6.07, 6.45) is 7.92. The van der Waals surface area contributed by atoms with Gasteiger partial charge in [0.2, 0.25) is 0 Å². The van der Waals surface area contributed by atoms with E-state index in [0.29, 0.717) is 12.5 Å². The molecular weight excluding hydrogens is 266 g/mol. The predicted octanol–water partition coefficient (Wildman–Crippen LogP) is 3.58. The molecule has 0 radical (unpaired) electrons. The lowest BCUT2D eigenvalue weighted by atomic mass is 9.65. The van der Waals surface area contributed by atoms with Crippen molar-refractivity contribution in [1.82, 2.24) is 4.90 Å². The number of rotatable bonds is 4. The van der Waals surface area contributed by atoms with Crippen molar-refractivity contribution in [2.75, 3.05) is 19.7 Å². The Bertz CT molecular complexity index is 352. The third-order valence-corrected chi connectivity index (χ3v) is 5.00. The molecule has 2 aliphatic rings. The highest BCUT2D eigenvalue weighted by molar-refractivity contribution is 5.68. The fraction of sp³-hybridized carbons (Fsp3) is 0.941. The van der Waals surface area contributed by atoms with Crippen molar-refractivity contribution in [2.24, 2.45) is 11.3 Å². The minimum atomic E-state index is -0.420. The number of nitrogens with zero attached hydrogens (tertiary/aromatic N) is 1. The third-order valence-electron chi connectivity index (χ3n) is 5.00. The van der Waals surface area contributed by atoms with Gasteiger partial charge in [0, 0.05) is 19.7 Å². The maximum atomic E-state index is 12.1. The number of carbonyl (C=O) groups is 1. The molecule has 1 aliphatic heterocycles. The first kappa shape index (κ1) is 16.6. The first-order chi connectivity index (χ1) is 9.84. The van der Waals surface area contributed by atoms with Gasteiger partial charge in [-0.05, 0) is 70.6 Å². The largest absolute Gasteiger partial charge is 0.444 e. The van der Waals surface area contributed by atoms with E-state index in [1.54, 1.807) is 0 Å². The number of amides is 1. The summed E-state index contributed by atoms with van der Waals surface area (Å²) < 4.78 is 5.47. The molecule has 0 aromatic carbocycles. The van der Waals surface area contributed by atoms with Gasteiger partial charge in [0.05, 0.1) is 0 Å². The molecule has 0 aromatic heterocycles. The average molecular weight is 297 g/mol. The number of carbonyl (C=O) groups excluding carboxylic acids is 1. The van der Waals surface area contributed by atoms with Crippen molar-refractivity contribution >= 4 is 6.09 Å². The van der Waals surface area contributed by atoms with Crippen LogP contribution >= 0.6 is 0 Å². The summed E-state index contributed by atoms with van der Waals surface area (Å²) in [4.78, 5) is 14.0. The summed E-state index contributed by atoms with van der Waals surface area (Å²) in [5, 5.41) is 9.55. The Hall–Kier alpha value is -0.770. The second kappa shape index (κ2) is 6.55. The smallest absolute Gasteiger partial charge is 0.410 e. The highest BCUT2D eigenvalue weighted by atomic mass is 16.6. The van der Waals surface area contributed by atoms with Crippen LogP contribution in [0.4, 0.5) is 4.79 Å². The highest BCUT2D eigenvalue weighted by Crippen LogP contribution is 2.45. The Morgan fingerprint density at radius 3 is 2.57 bits per heavy atom. The molecular formula is C17H31NO3. The van der Waals surface area contributed by atoms with Crippen LogP contribution in [0.1, 0.15) is 65.7 Å². The Labute approximate surface area is 128 Å². The zero-order valence-corrected chi connectivity index (χ0v) is 13.9. The van der Waals surface area contributed by atoms with E-state index in [9.17, 15) is 9.90 Å². The molecule has 1 atom stereocenters. The van der Waals surface area contributed by atoms with Crippen LogP contribution in [0, 0.1) is 11.3 Å². The number of hydrogen-bond donors (Lipinski definition) is 1. The van der Waals surface area contributed by atoms with E-state index in [2.05, 4.69) is 0 Å². The van der Waals surface area contributed by atoms with Gasteiger partial charge in [-0.15, -0.1) is 0 Å². The number of ether oxygens (including phenoxy) is 1. The van der Waals surface area contributed by atoms with Crippen LogP contribution in [0.25, 0.3) is 0 Å². The lowest BCUT2D eigenvalue weighted by Gasteiger charge is -2.42. The van der Waals surface area contributed by atoms with Gasteiger partial charge >= 0.3 is 6.09 Å².